The van der Waals surface area contributed by atoms with Crippen LogP contribution >= 0.6 is 0 Å². The van der Waals surface area contributed by atoms with Gasteiger partial charge < -0.3 is 10.3 Å². The highest BCUT2D eigenvalue weighted by molar-refractivity contribution is 5.89. The van der Waals surface area contributed by atoms with Gasteiger partial charge in [-0.1, -0.05) is 39.0 Å². The minimum Gasteiger partial charge on any atom is -0.347 e. The zero-order valence-corrected chi connectivity index (χ0v) is 12.9. The van der Waals surface area contributed by atoms with E-state index in [0.29, 0.717) is 0 Å². The zero-order chi connectivity index (χ0) is 14.2. The van der Waals surface area contributed by atoms with E-state index < -0.39 is 0 Å². The Bertz CT molecular complexity index is 591. The van der Waals surface area contributed by atoms with Crippen LogP contribution in [0.15, 0.2) is 18.2 Å². The van der Waals surface area contributed by atoms with Gasteiger partial charge in [-0.3, -0.25) is 0 Å². The molecule has 2 nitrogen and oxygen atoms in total. The molecule has 1 aromatic heterocycles. The molecule has 0 unspecified atom stereocenters. The Kier molecular flexibility index (Phi) is 3.73. The maximum atomic E-state index is 5.80. The number of benzene rings is 1. The molecule has 0 aliphatic rings. The molecule has 0 radical (unpaired) electrons. The van der Waals surface area contributed by atoms with E-state index in [2.05, 4.69) is 57.5 Å². The quantitative estimate of drug-likeness (QED) is 0.891. The highest BCUT2D eigenvalue weighted by Crippen LogP contribution is 2.38. The molecule has 19 heavy (non-hydrogen) atoms. The van der Waals surface area contributed by atoms with Gasteiger partial charge in [-0.2, -0.15) is 0 Å². The smallest absolute Gasteiger partial charge is 0.0515 e. The summed E-state index contributed by atoms with van der Waals surface area (Å²) in [6.45, 7) is 9.80. The summed E-state index contributed by atoms with van der Waals surface area (Å²) < 4.78 is 2.35. The summed E-state index contributed by atoms with van der Waals surface area (Å²) in [4.78, 5) is 0. The molecule has 0 saturated heterocycles. The van der Waals surface area contributed by atoms with Crippen LogP contribution in [0.3, 0.4) is 0 Å². The van der Waals surface area contributed by atoms with Gasteiger partial charge in [-0.05, 0) is 42.9 Å². The summed E-state index contributed by atoms with van der Waals surface area (Å²) in [5.41, 5.74) is 11.6. The maximum Gasteiger partial charge on any atom is 0.0515 e. The Labute approximate surface area is 116 Å². The number of aromatic nitrogens is 1. The third kappa shape index (κ3) is 2.18. The normalized spacial score (nSPS) is 12.3. The first-order chi connectivity index (χ1) is 8.94. The molecule has 2 heteroatoms. The molecule has 0 bridgehead atoms. The minimum absolute atomic E-state index is 0.130. The molecular formula is C17H26N2. The molecule has 0 amide bonds. The number of nitrogens with two attached hydrogens (primary N) is 1. The van der Waals surface area contributed by atoms with Crippen LogP contribution in [0.2, 0.25) is 0 Å². The predicted octanol–water partition coefficient (Wildman–Crippen LogP) is 3.68. The minimum atomic E-state index is 0.130. The number of hydrogen-bond acceptors (Lipinski definition) is 1. The molecule has 2 aromatic rings. The topological polar surface area (TPSA) is 30.9 Å². The summed E-state index contributed by atoms with van der Waals surface area (Å²) in [5.74, 6) is 0. The van der Waals surface area contributed by atoms with Crippen LogP contribution in [0.4, 0.5) is 0 Å². The van der Waals surface area contributed by atoms with Gasteiger partial charge >= 0.3 is 0 Å². The molecule has 0 aliphatic carbocycles. The van der Waals surface area contributed by atoms with Gasteiger partial charge in [-0.25, -0.2) is 0 Å². The first-order valence-corrected chi connectivity index (χ1v) is 7.21. The highest BCUT2D eigenvalue weighted by Gasteiger charge is 2.27. The van der Waals surface area contributed by atoms with E-state index in [-0.39, 0.29) is 5.41 Å². The van der Waals surface area contributed by atoms with Crippen molar-refractivity contribution in [3.63, 3.8) is 0 Å². The summed E-state index contributed by atoms with van der Waals surface area (Å²) in [7, 11) is 2.18. The number of hydrogen-bond donors (Lipinski definition) is 1. The van der Waals surface area contributed by atoms with Crippen LogP contribution in [0.1, 0.15) is 44.0 Å². The monoisotopic (exact) mass is 258 g/mol. The molecule has 0 spiro atoms. The van der Waals surface area contributed by atoms with E-state index in [0.717, 1.165) is 19.4 Å². The van der Waals surface area contributed by atoms with Crippen molar-refractivity contribution < 1.29 is 0 Å². The number of aryl methyl sites for hydroxylation is 2. The van der Waals surface area contributed by atoms with Crippen molar-refractivity contribution in [1.29, 1.82) is 0 Å². The Balaban J connectivity index is 2.79. The molecule has 1 aromatic carbocycles. The average Bonchev–Trinajstić information content (AvgIpc) is 2.62. The fourth-order valence-corrected chi connectivity index (χ4v) is 3.34. The highest BCUT2D eigenvalue weighted by atomic mass is 15.0. The summed E-state index contributed by atoms with van der Waals surface area (Å²) in [5, 5.41) is 1.40. The Morgan fingerprint density at radius 2 is 1.95 bits per heavy atom. The van der Waals surface area contributed by atoms with Crippen molar-refractivity contribution in [3.8, 4) is 0 Å². The summed E-state index contributed by atoms with van der Waals surface area (Å²) in [6.07, 6.45) is 2.09. The number of rotatable bonds is 4. The third-order valence-electron chi connectivity index (χ3n) is 4.42. The van der Waals surface area contributed by atoms with E-state index in [1.54, 1.807) is 0 Å². The second kappa shape index (κ2) is 5.01. The van der Waals surface area contributed by atoms with E-state index in [4.69, 9.17) is 5.73 Å². The van der Waals surface area contributed by atoms with Crippen LogP contribution in [0.25, 0.3) is 10.9 Å². The fourth-order valence-electron chi connectivity index (χ4n) is 3.34. The van der Waals surface area contributed by atoms with Crippen molar-refractivity contribution >= 4 is 10.9 Å². The van der Waals surface area contributed by atoms with Crippen molar-refractivity contribution in [3.05, 3.63) is 35.0 Å². The lowest BCUT2D eigenvalue weighted by atomic mass is 9.80. The molecule has 0 fully saturated rings. The molecule has 2 rings (SSSR count). The van der Waals surface area contributed by atoms with Crippen molar-refractivity contribution in [2.75, 3.05) is 6.54 Å². The van der Waals surface area contributed by atoms with E-state index in [1.807, 2.05) is 0 Å². The van der Waals surface area contributed by atoms with Crippen LogP contribution in [0, 0.1) is 6.92 Å². The van der Waals surface area contributed by atoms with Gasteiger partial charge in [0.1, 0.15) is 0 Å². The number of para-hydroxylation sites is 1. The summed E-state index contributed by atoms with van der Waals surface area (Å²) in [6, 6.07) is 6.68. The molecule has 0 atom stereocenters. The molecule has 1 heterocycles. The Morgan fingerprint density at radius 1 is 1.26 bits per heavy atom. The van der Waals surface area contributed by atoms with Crippen LogP contribution in [-0.4, -0.2) is 11.1 Å². The lowest BCUT2D eigenvalue weighted by Gasteiger charge is -2.25. The van der Waals surface area contributed by atoms with Crippen molar-refractivity contribution in [2.45, 2.75) is 46.0 Å². The number of fused-ring (bicyclic) bond motifs is 1. The van der Waals surface area contributed by atoms with Gasteiger partial charge in [0.2, 0.25) is 0 Å². The van der Waals surface area contributed by atoms with Crippen LogP contribution < -0.4 is 5.73 Å². The molecular weight excluding hydrogens is 232 g/mol. The third-order valence-corrected chi connectivity index (χ3v) is 4.42. The molecule has 2 N–H and O–H groups in total. The van der Waals surface area contributed by atoms with E-state index in [1.165, 1.54) is 27.7 Å². The maximum absolute atomic E-state index is 5.80. The molecule has 0 saturated carbocycles. The standard InChI is InChI=1S/C17H26N2/c1-6-13-8-7-9-14-15(17(3,4)10-11-18)12(2)19(5)16(13)14/h7-9H,6,10-11,18H2,1-5H3. The Hall–Kier alpha value is -1.28. The van der Waals surface area contributed by atoms with Crippen molar-refractivity contribution in [2.24, 2.45) is 12.8 Å². The van der Waals surface area contributed by atoms with E-state index in [9.17, 15) is 0 Å². The summed E-state index contributed by atoms with van der Waals surface area (Å²) >= 11 is 0. The first-order valence-electron chi connectivity index (χ1n) is 7.21. The zero-order valence-electron chi connectivity index (χ0n) is 12.9. The fraction of sp³-hybridized carbons (Fsp3) is 0.529. The van der Waals surface area contributed by atoms with E-state index >= 15 is 0 Å². The van der Waals surface area contributed by atoms with Gasteiger partial charge in [0.15, 0.2) is 0 Å². The van der Waals surface area contributed by atoms with Gasteiger partial charge in [-0.15, -0.1) is 0 Å². The van der Waals surface area contributed by atoms with Crippen molar-refractivity contribution in [1.82, 2.24) is 4.57 Å². The second-order valence-corrected chi connectivity index (χ2v) is 6.11. The predicted molar refractivity (Wildman–Crippen MR) is 83.7 cm³/mol. The lowest BCUT2D eigenvalue weighted by molar-refractivity contribution is 0.487. The van der Waals surface area contributed by atoms with Crippen LogP contribution in [0.5, 0.6) is 0 Å². The number of nitrogens with zero attached hydrogens (tertiary/aromatic N) is 1. The molecule has 104 valence electrons. The van der Waals surface area contributed by atoms with Crippen LogP contribution in [-0.2, 0) is 18.9 Å². The van der Waals surface area contributed by atoms with Gasteiger partial charge in [0.25, 0.3) is 0 Å². The Morgan fingerprint density at radius 3 is 2.53 bits per heavy atom. The average molecular weight is 258 g/mol. The largest absolute Gasteiger partial charge is 0.347 e. The molecule has 0 aliphatic heterocycles. The van der Waals surface area contributed by atoms with Gasteiger partial charge in [0.05, 0.1) is 5.52 Å². The SMILES string of the molecule is CCc1cccc2c(C(C)(C)CCN)c(C)n(C)c12. The van der Waals surface area contributed by atoms with Gasteiger partial charge in [0, 0.05) is 18.1 Å². The first kappa shape index (κ1) is 14.1. The second-order valence-electron chi connectivity index (χ2n) is 6.11. The lowest BCUT2D eigenvalue weighted by Crippen LogP contribution is -2.22.